The first-order chi connectivity index (χ1) is 14.1. The molecular formula is C21H20N6OS. The number of imidazole rings is 1. The van der Waals surface area contributed by atoms with Crippen molar-refractivity contribution in [2.75, 3.05) is 5.32 Å². The molecule has 29 heavy (non-hydrogen) atoms. The summed E-state index contributed by atoms with van der Waals surface area (Å²) in [6.07, 6.45) is 6.25. The van der Waals surface area contributed by atoms with Gasteiger partial charge in [-0.15, -0.1) is 0 Å². The summed E-state index contributed by atoms with van der Waals surface area (Å²) in [6.45, 7) is 3.60. The molecule has 5 rings (SSSR count). The van der Waals surface area contributed by atoms with Crippen LogP contribution in [0.3, 0.4) is 0 Å². The number of fused-ring (bicyclic) bond motifs is 3. The lowest BCUT2D eigenvalue weighted by Gasteiger charge is -2.10. The molecule has 2 N–H and O–H groups in total. The molecule has 0 bridgehead atoms. The average molecular weight is 404 g/mol. The molecule has 8 heteroatoms. The molecule has 0 spiro atoms. The first-order valence-electron chi connectivity index (χ1n) is 9.56. The molecule has 1 aromatic carbocycles. The monoisotopic (exact) mass is 404 g/mol. The summed E-state index contributed by atoms with van der Waals surface area (Å²) < 4.78 is 2.03. The van der Waals surface area contributed by atoms with Crippen molar-refractivity contribution in [2.45, 2.75) is 33.1 Å². The summed E-state index contributed by atoms with van der Waals surface area (Å²) >= 11 is 1.52. The Hall–Kier alpha value is -3.26. The van der Waals surface area contributed by atoms with Crippen LogP contribution in [0.1, 0.15) is 30.2 Å². The topological polar surface area (TPSA) is 88.5 Å². The smallest absolute Gasteiger partial charge is 0.223 e. The Morgan fingerprint density at radius 2 is 2.14 bits per heavy atom. The van der Waals surface area contributed by atoms with Gasteiger partial charge in [0.2, 0.25) is 5.91 Å². The third-order valence-electron chi connectivity index (χ3n) is 5.12. The number of carbonyl (C=O) groups is 1. The number of para-hydroxylation sites is 1. The largest absolute Gasteiger partial charge is 0.343 e. The molecule has 1 aliphatic carbocycles. The second-order valence-corrected chi connectivity index (χ2v) is 8.17. The number of amides is 1. The number of aromatic amines is 1. The maximum Gasteiger partial charge on any atom is 0.223 e. The molecular weight excluding hydrogens is 384 g/mol. The Kier molecular flexibility index (Phi) is 4.28. The molecule has 146 valence electrons. The molecule has 3 aromatic heterocycles. The summed E-state index contributed by atoms with van der Waals surface area (Å²) in [7, 11) is 0. The van der Waals surface area contributed by atoms with E-state index in [-0.39, 0.29) is 5.91 Å². The minimum absolute atomic E-state index is 0.111. The average Bonchev–Trinajstić information content (AvgIpc) is 3.39. The van der Waals surface area contributed by atoms with E-state index in [0.717, 1.165) is 58.2 Å². The number of aryl methyl sites for hydroxylation is 2. The molecule has 0 fully saturated rings. The van der Waals surface area contributed by atoms with Crippen LogP contribution in [0.15, 0.2) is 36.8 Å². The van der Waals surface area contributed by atoms with Crippen LogP contribution < -0.4 is 5.32 Å². The lowest BCUT2D eigenvalue weighted by molar-refractivity contribution is -0.114. The maximum atomic E-state index is 11.6. The Balaban J connectivity index is 1.79. The van der Waals surface area contributed by atoms with E-state index < -0.39 is 0 Å². The van der Waals surface area contributed by atoms with Gasteiger partial charge in [0.1, 0.15) is 5.69 Å². The van der Waals surface area contributed by atoms with Gasteiger partial charge in [-0.3, -0.25) is 4.79 Å². The van der Waals surface area contributed by atoms with Crippen molar-refractivity contribution < 1.29 is 4.79 Å². The van der Waals surface area contributed by atoms with Crippen molar-refractivity contribution in [1.82, 2.24) is 24.7 Å². The highest BCUT2D eigenvalue weighted by Crippen LogP contribution is 2.43. The highest BCUT2D eigenvalue weighted by atomic mass is 32.1. The standard InChI is InChI=1S/C21H20N6OS/c1-12-6-3-4-9-17(12)27-19-14(18(26-27)16-10-22-11-23-16)7-5-8-15-20(19)29-21(25-15)24-13(2)28/h3-4,6,9-11H,5,7-8H2,1-2H3,(H,22,23)(H,24,25,28). The highest BCUT2D eigenvalue weighted by Gasteiger charge is 2.29. The minimum Gasteiger partial charge on any atom is -0.343 e. The molecule has 0 unspecified atom stereocenters. The normalized spacial score (nSPS) is 12.9. The van der Waals surface area contributed by atoms with E-state index in [1.165, 1.54) is 23.8 Å². The molecule has 0 atom stereocenters. The van der Waals surface area contributed by atoms with Crippen molar-refractivity contribution in [3.05, 3.63) is 53.6 Å². The molecule has 0 saturated heterocycles. The van der Waals surface area contributed by atoms with Crippen LogP contribution in [0, 0.1) is 6.92 Å². The minimum atomic E-state index is -0.111. The van der Waals surface area contributed by atoms with Crippen LogP contribution in [0.5, 0.6) is 0 Å². The Labute approximate surface area is 171 Å². The first kappa shape index (κ1) is 17.8. The molecule has 1 amide bonds. The third-order valence-corrected chi connectivity index (χ3v) is 6.14. The third kappa shape index (κ3) is 3.05. The number of thiazole rings is 1. The van der Waals surface area contributed by atoms with E-state index in [2.05, 4.69) is 34.3 Å². The molecule has 0 aliphatic heterocycles. The van der Waals surface area contributed by atoms with Crippen LogP contribution in [0.4, 0.5) is 5.13 Å². The van der Waals surface area contributed by atoms with E-state index in [1.807, 2.05) is 23.0 Å². The van der Waals surface area contributed by atoms with E-state index >= 15 is 0 Å². The van der Waals surface area contributed by atoms with Gasteiger partial charge < -0.3 is 10.3 Å². The second-order valence-electron chi connectivity index (χ2n) is 7.17. The number of carbonyl (C=O) groups excluding carboxylic acids is 1. The van der Waals surface area contributed by atoms with E-state index in [4.69, 9.17) is 10.1 Å². The number of nitrogens with zero attached hydrogens (tertiary/aromatic N) is 4. The molecule has 0 saturated carbocycles. The van der Waals surface area contributed by atoms with Crippen LogP contribution >= 0.6 is 11.3 Å². The number of H-pyrrole nitrogens is 1. The fourth-order valence-electron chi connectivity index (χ4n) is 3.84. The molecule has 3 heterocycles. The van der Waals surface area contributed by atoms with Crippen molar-refractivity contribution in [2.24, 2.45) is 0 Å². The SMILES string of the molecule is CC(=O)Nc1nc2c(s1)-c1c(c(-c3cnc[nH]3)nn1-c1ccccc1C)CCC2. The van der Waals surface area contributed by atoms with Crippen molar-refractivity contribution in [3.63, 3.8) is 0 Å². The Morgan fingerprint density at radius 1 is 1.28 bits per heavy atom. The lowest BCUT2D eigenvalue weighted by atomic mass is 10.1. The van der Waals surface area contributed by atoms with Gasteiger partial charge in [-0.1, -0.05) is 29.5 Å². The van der Waals surface area contributed by atoms with E-state index in [9.17, 15) is 4.79 Å². The summed E-state index contributed by atoms with van der Waals surface area (Å²) in [5, 5.41) is 8.49. The van der Waals surface area contributed by atoms with Crippen molar-refractivity contribution in [1.29, 1.82) is 0 Å². The van der Waals surface area contributed by atoms with Crippen molar-refractivity contribution >= 4 is 22.4 Å². The summed E-state index contributed by atoms with van der Waals surface area (Å²) in [5.41, 5.74) is 7.28. The summed E-state index contributed by atoms with van der Waals surface area (Å²) in [5.74, 6) is -0.111. The number of benzene rings is 1. The Morgan fingerprint density at radius 3 is 2.90 bits per heavy atom. The quantitative estimate of drug-likeness (QED) is 0.537. The second kappa shape index (κ2) is 6.97. The maximum absolute atomic E-state index is 11.6. The van der Waals surface area contributed by atoms with Crippen LogP contribution in [0.2, 0.25) is 0 Å². The number of rotatable bonds is 3. The predicted molar refractivity (Wildman–Crippen MR) is 113 cm³/mol. The fourth-order valence-corrected chi connectivity index (χ4v) is 4.96. The molecule has 7 nitrogen and oxygen atoms in total. The van der Waals surface area contributed by atoms with Gasteiger partial charge >= 0.3 is 0 Å². The molecule has 0 radical (unpaired) electrons. The van der Waals surface area contributed by atoms with Crippen LogP contribution in [-0.4, -0.2) is 30.6 Å². The number of hydrogen-bond donors (Lipinski definition) is 2. The predicted octanol–water partition coefficient (Wildman–Crippen LogP) is 4.14. The number of aromatic nitrogens is 5. The fraction of sp³-hybridized carbons (Fsp3) is 0.238. The number of anilines is 1. The van der Waals surface area contributed by atoms with E-state index in [1.54, 1.807) is 6.33 Å². The zero-order valence-corrected chi connectivity index (χ0v) is 17.0. The number of nitrogens with one attached hydrogen (secondary N) is 2. The van der Waals surface area contributed by atoms with Gasteiger partial charge in [-0.05, 0) is 37.8 Å². The van der Waals surface area contributed by atoms with Crippen LogP contribution in [-0.2, 0) is 17.6 Å². The summed E-state index contributed by atoms with van der Waals surface area (Å²) in [4.78, 5) is 24.7. The zero-order valence-electron chi connectivity index (χ0n) is 16.2. The highest BCUT2D eigenvalue weighted by molar-refractivity contribution is 7.19. The lowest BCUT2D eigenvalue weighted by Crippen LogP contribution is -2.05. The zero-order chi connectivity index (χ0) is 20.0. The van der Waals surface area contributed by atoms with Gasteiger partial charge in [0.05, 0.1) is 40.2 Å². The van der Waals surface area contributed by atoms with Gasteiger partial charge in [-0.2, -0.15) is 5.10 Å². The molecule has 1 aliphatic rings. The summed E-state index contributed by atoms with van der Waals surface area (Å²) in [6, 6.07) is 8.23. The van der Waals surface area contributed by atoms with Gasteiger partial charge in [-0.25, -0.2) is 14.6 Å². The van der Waals surface area contributed by atoms with Gasteiger partial charge in [0.25, 0.3) is 0 Å². The van der Waals surface area contributed by atoms with Crippen LogP contribution in [0.25, 0.3) is 27.6 Å². The number of hydrogen-bond acceptors (Lipinski definition) is 5. The molecule has 4 aromatic rings. The van der Waals surface area contributed by atoms with Gasteiger partial charge in [0.15, 0.2) is 5.13 Å². The van der Waals surface area contributed by atoms with Gasteiger partial charge in [0, 0.05) is 12.5 Å². The van der Waals surface area contributed by atoms with E-state index in [0.29, 0.717) is 5.13 Å². The first-order valence-corrected chi connectivity index (χ1v) is 10.4. The Bertz CT molecular complexity index is 1200. The van der Waals surface area contributed by atoms with Crippen molar-refractivity contribution in [3.8, 4) is 27.6 Å².